The first-order valence-corrected chi connectivity index (χ1v) is 7.16. The van der Waals surface area contributed by atoms with Gasteiger partial charge in [0.1, 0.15) is 11.1 Å². The number of carbonyl (C=O) groups is 1. The smallest absolute Gasteiger partial charge is 0.319 e. The Morgan fingerprint density at radius 2 is 2.18 bits per heavy atom. The SMILES string of the molecule is CCC(C(=O)O)S(=O)Cc1cc(F)cc(Br)c1. The van der Waals surface area contributed by atoms with Crippen molar-refractivity contribution < 1.29 is 18.5 Å². The molecular weight excluding hydrogens is 311 g/mol. The molecule has 0 spiro atoms. The summed E-state index contributed by atoms with van der Waals surface area (Å²) in [6.07, 6.45) is 0.290. The maximum Gasteiger partial charge on any atom is 0.319 e. The first-order chi connectivity index (χ1) is 7.93. The molecule has 0 aliphatic heterocycles. The second-order valence-corrected chi connectivity index (χ2v) is 6.07. The van der Waals surface area contributed by atoms with Crippen LogP contribution in [0.3, 0.4) is 0 Å². The maximum absolute atomic E-state index is 13.1. The Labute approximate surface area is 110 Å². The van der Waals surface area contributed by atoms with Gasteiger partial charge < -0.3 is 5.11 Å². The Balaban J connectivity index is 2.83. The molecule has 3 nitrogen and oxygen atoms in total. The van der Waals surface area contributed by atoms with Crippen LogP contribution in [-0.4, -0.2) is 20.5 Å². The molecule has 0 aliphatic carbocycles. The second-order valence-electron chi connectivity index (χ2n) is 3.54. The molecule has 0 amide bonds. The molecule has 0 radical (unpaired) electrons. The summed E-state index contributed by atoms with van der Waals surface area (Å²) in [5, 5.41) is 7.95. The van der Waals surface area contributed by atoms with E-state index >= 15 is 0 Å². The molecule has 6 heteroatoms. The topological polar surface area (TPSA) is 54.4 Å². The quantitative estimate of drug-likeness (QED) is 0.906. The van der Waals surface area contributed by atoms with Crippen LogP contribution >= 0.6 is 15.9 Å². The molecule has 1 N–H and O–H groups in total. The molecule has 1 rings (SSSR count). The number of benzene rings is 1. The fourth-order valence-corrected chi connectivity index (χ4v) is 3.24. The van der Waals surface area contributed by atoms with Crippen molar-refractivity contribution >= 4 is 32.7 Å². The molecule has 94 valence electrons. The highest BCUT2D eigenvalue weighted by Crippen LogP contribution is 2.17. The fraction of sp³-hybridized carbons (Fsp3) is 0.364. The molecule has 0 heterocycles. The van der Waals surface area contributed by atoms with Crippen molar-refractivity contribution in [3.63, 3.8) is 0 Å². The highest BCUT2D eigenvalue weighted by atomic mass is 79.9. The number of halogens is 2. The predicted octanol–water partition coefficient (Wildman–Crippen LogP) is 2.70. The van der Waals surface area contributed by atoms with Crippen LogP contribution in [0, 0.1) is 5.82 Å². The van der Waals surface area contributed by atoms with Crippen molar-refractivity contribution in [2.45, 2.75) is 24.3 Å². The van der Waals surface area contributed by atoms with Crippen molar-refractivity contribution in [3.05, 3.63) is 34.1 Å². The van der Waals surface area contributed by atoms with Gasteiger partial charge in [0.2, 0.25) is 0 Å². The highest BCUT2D eigenvalue weighted by molar-refractivity contribution is 9.10. The van der Waals surface area contributed by atoms with Gasteiger partial charge in [-0.1, -0.05) is 22.9 Å². The number of carboxylic acids is 1. The summed E-state index contributed by atoms with van der Waals surface area (Å²) in [5.74, 6) is -1.47. The normalized spacial score (nSPS) is 14.3. The van der Waals surface area contributed by atoms with Gasteiger partial charge in [0.25, 0.3) is 0 Å². The monoisotopic (exact) mass is 322 g/mol. The molecule has 17 heavy (non-hydrogen) atoms. The molecule has 1 aromatic rings. The lowest BCUT2D eigenvalue weighted by molar-refractivity contribution is -0.136. The Kier molecular flexibility index (Phi) is 5.27. The van der Waals surface area contributed by atoms with Gasteiger partial charge in [-0.25, -0.2) is 4.39 Å². The lowest BCUT2D eigenvalue weighted by Gasteiger charge is -2.10. The molecule has 2 unspecified atom stereocenters. The van der Waals surface area contributed by atoms with Gasteiger partial charge in [0.15, 0.2) is 0 Å². The lowest BCUT2D eigenvalue weighted by atomic mass is 10.2. The van der Waals surface area contributed by atoms with E-state index in [0.717, 1.165) is 0 Å². The van der Waals surface area contributed by atoms with Gasteiger partial charge >= 0.3 is 5.97 Å². The lowest BCUT2D eigenvalue weighted by Crippen LogP contribution is -2.25. The van der Waals surface area contributed by atoms with E-state index in [1.807, 2.05) is 0 Å². The van der Waals surface area contributed by atoms with Gasteiger partial charge in [0, 0.05) is 21.0 Å². The van der Waals surface area contributed by atoms with E-state index in [2.05, 4.69) is 15.9 Å². The first kappa shape index (κ1) is 14.3. The summed E-state index contributed by atoms with van der Waals surface area (Å²) in [6.45, 7) is 1.66. The van der Waals surface area contributed by atoms with Crippen LogP contribution in [0.2, 0.25) is 0 Å². The van der Waals surface area contributed by atoms with Gasteiger partial charge in [0.05, 0.1) is 0 Å². The molecular formula is C11H12BrFO3S. The molecule has 1 aromatic carbocycles. The zero-order valence-electron chi connectivity index (χ0n) is 9.15. The summed E-state index contributed by atoms with van der Waals surface area (Å²) in [7, 11) is -1.54. The second kappa shape index (κ2) is 6.26. The van der Waals surface area contributed by atoms with Crippen LogP contribution < -0.4 is 0 Å². The van der Waals surface area contributed by atoms with Crippen LogP contribution in [0.15, 0.2) is 22.7 Å². The Bertz CT molecular complexity index is 430. The summed E-state index contributed by atoms with van der Waals surface area (Å²) >= 11 is 3.13. The largest absolute Gasteiger partial charge is 0.480 e. The number of rotatable bonds is 5. The maximum atomic E-state index is 13.1. The number of hydrogen-bond donors (Lipinski definition) is 1. The van der Waals surface area contributed by atoms with Crippen molar-refractivity contribution in [1.29, 1.82) is 0 Å². The molecule has 2 atom stereocenters. The van der Waals surface area contributed by atoms with Crippen molar-refractivity contribution in [2.75, 3.05) is 0 Å². The predicted molar refractivity (Wildman–Crippen MR) is 67.7 cm³/mol. The molecule has 0 aliphatic rings. The minimum absolute atomic E-state index is 0.0428. The van der Waals surface area contributed by atoms with E-state index in [4.69, 9.17) is 5.11 Å². The third-order valence-corrected chi connectivity index (χ3v) is 4.44. The van der Waals surface area contributed by atoms with E-state index in [1.165, 1.54) is 12.1 Å². The zero-order chi connectivity index (χ0) is 13.0. The molecule has 0 aromatic heterocycles. The Hall–Kier alpha value is -0.750. The van der Waals surface area contributed by atoms with E-state index in [1.54, 1.807) is 13.0 Å². The standard InChI is InChI=1S/C11H12BrFO3S/c1-2-10(11(14)15)17(16)6-7-3-8(12)5-9(13)4-7/h3-5,10H,2,6H2,1H3,(H,14,15). The molecule has 0 bridgehead atoms. The van der Waals surface area contributed by atoms with Crippen LogP contribution in [0.4, 0.5) is 4.39 Å². The third kappa shape index (κ3) is 4.20. The molecule has 0 saturated heterocycles. The average Bonchev–Trinajstić information content (AvgIpc) is 2.15. The van der Waals surface area contributed by atoms with Crippen molar-refractivity contribution in [2.24, 2.45) is 0 Å². The van der Waals surface area contributed by atoms with Crippen molar-refractivity contribution in [1.82, 2.24) is 0 Å². The minimum atomic E-state index is -1.54. The summed E-state index contributed by atoms with van der Waals surface area (Å²) < 4.78 is 25.4. The van der Waals surface area contributed by atoms with Crippen LogP contribution in [-0.2, 0) is 21.3 Å². The van der Waals surface area contributed by atoms with Crippen LogP contribution in [0.25, 0.3) is 0 Å². The molecule has 0 saturated carbocycles. The van der Waals surface area contributed by atoms with Crippen LogP contribution in [0.5, 0.6) is 0 Å². The van der Waals surface area contributed by atoms with Gasteiger partial charge in [-0.3, -0.25) is 9.00 Å². The minimum Gasteiger partial charge on any atom is -0.480 e. The van der Waals surface area contributed by atoms with E-state index in [9.17, 15) is 13.4 Å². The molecule has 0 fully saturated rings. The van der Waals surface area contributed by atoms with Gasteiger partial charge in [-0.15, -0.1) is 0 Å². The van der Waals surface area contributed by atoms with Crippen LogP contribution in [0.1, 0.15) is 18.9 Å². The summed E-state index contributed by atoms with van der Waals surface area (Å²) in [6, 6.07) is 4.19. The third-order valence-electron chi connectivity index (χ3n) is 2.19. The van der Waals surface area contributed by atoms with E-state index in [-0.39, 0.29) is 5.75 Å². The zero-order valence-corrected chi connectivity index (χ0v) is 11.6. The fourth-order valence-electron chi connectivity index (χ4n) is 1.43. The highest BCUT2D eigenvalue weighted by Gasteiger charge is 2.22. The van der Waals surface area contributed by atoms with E-state index < -0.39 is 27.8 Å². The Morgan fingerprint density at radius 3 is 2.65 bits per heavy atom. The average molecular weight is 323 g/mol. The number of aliphatic carboxylic acids is 1. The summed E-state index contributed by atoms with van der Waals surface area (Å²) in [5.41, 5.74) is 0.523. The summed E-state index contributed by atoms with van der Waals surface area (Å²) in [4.78, 5) is 10.8. The van der Waals surface area contributed by atoms with Gasteiger partial charge in [-0.05, 0) is 30.2 Å². The number of carboxylic acid groups (broad SMARTS) is 1. The Morgan fingerprint density at radius 1 is 1.53 bits per heavy atom. The van der Waals surface area contributed by atoms with Gasteiger partial charge in [-0.2, -0.15) is 0 Å². The van der Waals surface area contributed by atoms with E-state index in [0.29, 0.717) is 16.5 Å². The number of hydrogen-bond acceptors (Lipinski definition) is 2. The first-order valence-electron chi connectivity index (χ1n) is 4.99. The van der Waals surface area contributed by atoms with Crippen molar-refractivity contribution in [3.8, 4) is 0 Å².